The fourth-order valence-electron chi connectivity index (χ4n) is 4.21. The van der Waals surface area contributed by atoms with E-state index in [1.807, 2.05) is 6.07 Å². The van der Waals surface area contributed by atoms with Gasteiger partial charge in [-0.3, -0.25) is 14.5 Å². The molecule has 0 radical (unpaired) electrons. The van der Waals surface area contributed by atoms with Crippen molar-refractivity contribution in [1.82, 2.24) is 9.80 Å². The van der Waals surface area contributed by atoms with Crippen LogP contribution in [-0.2, 0) is 16.1 Å². The monoisotopic (exact) mass is 467 g/mol. The number of methoxy groups -OCH3 is 1. The molecule has 3 atom stereocenters. The maximum atomic E-state index is 13.3. The molecule has 34 heavy (non-hydrogen) atoms. The predicted octanol–water partition coefficient (Wildman–Crippen LogP) is 4.04. The Morgan fingerprint density at radius 2 is 1.88 bits per heavy atom. The highest BCUT2D eigenvalue weighted by Crippen LogP contribution is 2.27. The molecular formula is C27H37N3O4. The van der Waals surface area contributed by atoms with Crippen LogP contribution in [0.1, 0.15) is 43.1 Å². The summed E-state index contributed by atoms with van der Waals surface area (Å²) in [6.45, 7) is 8.58. The first kappa shape index (κ1) is 25.7. The number of nitrogens with zero attached hydrogens (tertiary/aromatic N) is 2. The zero-order valence-electron chi connectivity index (χ0n) is 20.9. The summed E-state index contributed by atoms with van der Waals surface area (Å²) in [5.41, 5.74) is 2.33. The fraction of sp³-hybridized carbons (Fsp3) is 0.481. The van der Waals surface area contributed by atoms with Crippen LogP contribution in [0, 0.1) is 5.92 Å². The molecule has 1 aliphatic heterocycles. The number of anilines is 1. The number of benzene rings is 2. The van der Waals surface area contributed by atoms with Crippen molar-refractivity contribution in [2.45, 2.75) is 45.9 Å². The van der Waals surface area contributed by atoms with Crippen LogP contribution in [0.5, 0.6) is 5.75 Å². The second kappa shape index (κ2) is 12.0. The van der Waals surface area contributed by atoms with E-state index in [0.717, 1.165) is 13.1 Å². The minimum Gasteiger partial charge on any atom is -0.491 e. The van der Waals surface area contributed by atoms with Gasteiger partial charge < -0.3 is 19.7 Å². The average Bonchev–Trinajstić information content (AvgIpc) is 2.84. The minimum absolute atomic E-state index is 0.0872. The van der Waals surface area contributed by atoms with Gasteiger partial charge >= 0.3 is 0 Å². The molecule has 0 aromatic heterocycles. The molecule has 0 fully saturated rings. The third-order valence-corrected chi connectivity index (χ3v) is 6.41. The Kier molecular flexibility index (Phi) is 9.07. The highest BCUT2D eigenvalue weighted by Gasteiger charge is 2.28. The molecular weight excluding hydrogens is 430 g/mol. The molecule has 184 valence electrons. The number of carbonyl (C=O) groups excluding carboxylic acids is 2. The Bertz CT molecular complexity index is 966. The molecule has 2 aromatic carbocycles. The van der Waals surface area contributed by atoms with Crippen LogP contribution in [0.15, 0.2) is 48.5 Å². The average molecular weight is 468 g/mol. The van der Waals surface area contributed by atoms with Crippen LogP contribution in [0.2, 0.25) is 0 Å². The number of hydrogen-bond acceptors (Lipinski definition) is 5. The van der Waals surface area contributed by atoms with E-state index in [2.05, 4.69) is 48.3 Å². The first-order chi connectivity index (χ1) is 16.3. The molecule has 7 heteroatoms. The van der Waals surface area contributed by atoms with Gasteiger partial charge in [0, 0.05) is 58.0 Å². The molecule has 1 aliphatic rings. The van der Waals surface area contributed by atoms with E-state index in [0.29, 0.717) is 36.6 Å². The topological polar surface area (TPSA) is 71.1 Å². The van der Waals surface area contributed by atoms with Gasteiger partial charge in [-0.15, -0.1) is 0 Å². The standard InChI is InChI=1S/C27H37N3O4/c1-6-26(31)28-22-12-13-23-24(14-22)34-18-20(3)30(16-21-10-8-7-9-11-21)15-19(2)25(33-5)17-29(4)27(23)32/h7-14,19-20,25H,6,15-18H2,1-5H3,(H,28,31)/t19-,20+,25+/m0/s1. The largest absolute Gasteiger partial charge is 0.491 e. The molecule has 0 saturated carbocycles. The summed E-state index contributed by atoms with van der Waals surface area (Å²) >= 11 is 0. The SMILES string of the molecule is CCC(=O)Nc1ccc2c(c1)OC[C@@H](C)N(Cc1ccccc1)C[C@H](C)[C@H](OC)CN(C)C2=O. The third-order valence-electron chi connectivity index (χ3n) is 6.41. The number of hydrogen-bond donors (Lipinski definition) is 1. The molecule has 0 bridgehead atoms. The van der Waals surface area contributed by atoms with Crippen molar-refractivity contribution in [2.24, 2.45) is 5.92 Å². The van der Waals surface area contributed by atoms with Gasteiger partial charge in [0.05, 0.1) is 11.7 Å². The van der Waals surface area contributed by atoms with E-state index in [4.69, 9.17) is 9.47 Å². The lowest BCUT2D eigenvalue weighted by molar-refractivity contribution is -0.115. The van der Waals surface area contributed by atoms with Crippen LogP contribution in [0.25, 0.3) is 0 Å². The molecule has 0 spiro atoms. The Morgan fingerprint density at radius 3 is 2.56 bits per heavy atom. The molecule has 0 aliphatic carbocycles. The van der Waals surface area contributed by atoms with Gasteiger partial charge in [-0.05, 0) is 30.5 Å². The van der Waals surface area contributed by atoms with E-state index in [1.54, 1.807) is 44.2 Å². The van der Waals surface area contributed by atoms with Crippen molar-refractivity contribution in [3.8, 4) is 5.75 Å². The van der Waals surface area contributed by atoms with E-state index in [-0.39, 0.29) is 29.9 Å². The number of carbonyl (C=O) groups is 2. The van der Waals surface area contributed by atoms with Gasteiger partial charge in [0.2, 0.25) is 5.91 Å². The molecule has 0 unspecified atom stereocenters. The van der Waals surface area contributed by atoms with Crippen molar-refractivity contribution >= 4 is 17.5 Å². The summed E-state index contributed by atoms with van der Waals surface area (Å²) < 4.78 is 12.1. The van der Waals surface area contributed by atoms with Crippen LogP contribution >= 0.6 is 0 Å². The Hall–Kier alpha value is -2.90. The zero-order valence-corrected chi connectivity index (χ0v) is 20.9. The number of nitrogens with one attached hydrogen (secondary N) is 1. The molecule has 7 nitrogen and oxygen atoms in total. The maximum absolute atomic E-state index is 13.3. The number of likely N-dealkylation sites (N-methyl/N-ethyl adjacent to an activating group) is 1. The summed E-state index contributed by atoms with van der Waals surface area (Å²) in [6.07, 6.45) is 0.271. The third kappa shape index (κ3) is 6.58. The summed E-state index contributed by atoms with van der Waals surface area (Å²) in [5, 5.41) is 2.85. The normalized spacial score (nSPS) is 22.2. The van der Waals surface area contributed by atoms with Crippen LogP contribution < -0.4 is 10.1 Å². The lowest BCUT2D eigenvalue weighted by Crippen LogP contribution is -2.46. The second-order valence-corrected chi connectivity index (χ2v) is 9.12. The highest BCUT2D eigenvalue weighted by molar-refractivity contribution is 5.98. The van der Waals surface area contributed by atoms with Crippen LogP contribution in [0.3, 0.4) is 0 Å². The van der Waals surface area contributed by atoms with Crippen molar-refractivity contribution < 1.29 is 19.1 Å². The van der Waals surface area contributed by atoms with Crippen molar-refractivity contribution in [3.63, 3.8) is 0 Å². The number of ether oxygens (including phenoxy) is 2. The van der Waals surface area contributed by atoms with Crippen LogP contribution in [0.4, 0.5) is 5.69 Å². The predicted molar refractivity (Wildman–Crippen MR) is 134 cm³/mol. The molecule has 2 amide bonds. The lowest BCUT2D eigenvalue weighted by atomic mass is 10.0. The summed E-state index contributed by atoms with van der Waals surface area (Å²) in [5.74, 6) is 0.458. The van der Waals surface area contributed by atoms with Gasteiger partial charge in [0.15, 0.2) is 0 Å². The molecule has 0 saturated heterocycles. The Morgan fingerprint density at radius 1 is 1.15 bits per heavy atom. The molecule has 1 heterocycles. The van der Waals surface area contributed by atoms with Gasteiger partial charge in [-0.25, -0.2) is 0 Å². The lowest BCUT2D eigenvalue weighted by Gasteiger charge is -2.36. The molecule has 2 aromatic rings. The van der Waals surface area contributed by atoms with Crippen molar-refractivity contribution in [2.75, 3.05) is 39.2 Å². The minimum atomic E-state index is -0.132. The van der Waals surface area contributed by atoms with Crippen LogP contribution in [-0.4, -0.2) is 67.6 Å². The Labute approximate surface area is 203 Å². The summed E-state index contributed by atoms with van der Waals surface area (Å²) in [7, 11) is 3.49. The number of fused-ring (bicyclic) bond motifs is 1. The molecule has 3 rings (SSSR count). The highest BCUT2D eigenvalue weighted by atomic mass is 16.5. The number of rotatable bonds is 5. The van der Waals surface area contributed by atoms with Crippen molar-refractivity contribution in [1.29, 1.82) is 0 Å². The zero-order chi connectivity index (χ0) is 24.7. The van der Waals surface area contributed by atoms with E-state index in [9.17, 15) is 9.59 Å². The summed E-state index contributed by atoms with van der Waals surface area (Å²) in [4.78, 5) is 29.3. The van der Waals surface area contributed by atoms with Gasteiger partial charge in [0.1, 0.15) is 12.4 Å². The fourth-order valence-corrected chi connectivity index (χ4v) is 4.21. The Balaban J connectivity index is 1.94. The maximum Gasteiger partial charge on any atom is 0.257 e. The quantitative estimate of drug-likeness (QED) is 0.719. The van der Waals surface area contributed by atoms with Gasteiger partial charge in [-0.2, -0.15) is 0 Å². The van der Waals surface area contributed by atoms with Gasteiger partial charge in [-0.1, -0.05) is 44.2 Å². The first-order valence-corrected chi connectivity index (χ1v) is 11.9. The van der Waals surface area contributed by atoms with E-state index >= 15 is 0 Å². The second-order valence-electron chi connectivity index (χ2n) is 9.12. The smallest absolute Gasteiger partial charge is 0.257 e. The van der Waals surface area contributed by atoms with Gasteiger partial charge in [0.25, 0.3) is 5.91 Å². The molecule has 1 N–H and O–H groups in total. The summed E-state index contributed by atoms with van der Waals surface area (Å²) in [6, 6.07) is 15.7. The van der Waals surface area contributed by atoms with Crippen molar-refractivity contribution in [3.05, 3.63) is 59.7 Å². The first-order valence-electron chi connectivity index (χ1n) is 11.9. The van der Waals surface area contributed by atoms with E-state index < -0.39 is 0 Å². The van der Waals surface area contributed by atoms with E-state index in [1.165, 1.54) is 5.56 Å². The number of amides is 2.